The molecule has 128 valence electrons. The summed E-state index contributed by atoms with van der Waals surface area (Å²) in [6.45, 7) is 1.47. The first-order valence-corrected chi connectivity index (χ1v) is 8.25. The quantitative estimate of drug-likeness (QED) is 0.658. The molecule has 1 heterocycles. The van der Waals surface area contributed by atoms with E-state index in [4.69, 9.17) is 9.52 Å². The summed E-state index contributed by atoms with van der Waals surface area (Å²) in [4.78, 5) is 15.2. The van der Waals surface area contributed by atoms with Gasteiger partial charge >= 0.3 is 5.97 Å². The maximum atomic E-state index is 14.2. The number of rotatable bonds is 5. The molecule has 2 aromatic carbocycles. The van der Waals surface area contributed by atoms with Crippen LogP contribution < -0.4 is 0 Å². The Morgan fingerprint density at radius 2 is 1.64 bits per heavy atom. The topological polar surface area (TPSA) is 63.3 Å². The minimum Gasteiger partial charge on any atom is -0.480 e. The average Bonchev–Trinajstić information content (AvgIpc) is 2.99. The van der Waals surface area contributed by atoms with Gasteiger partial charge in [-0.15, -0.1) is 0 Å². The molecule has 1 aromatic heterocycles. The summed E-state index contributed by atoms with van der Waals surface area (Å²) in [5.41, 5.74) is 0.408. The van der Waals surface area contributed by atoms with Crippen molar-refractivity contribution in [3.8, 4) is 22.6 Å². The summed E-state index contributed by atoms with van der Waals surface area (Å²) < 4.78 is 34.0. The Hall–Kier alpha value is -2.67. The van der Waals surface area contributed by atoms with Crippen LogP contribution in [0.3, 0.4) is 0 Å². The number of thioether (sulfide) groups is 1. The van der Waals surface area contributed by atoms with Crippen LogP contribution in [0, 0.1) is 11.6 Å². The predicted molar refractivity (Wildman–Crippen MR) is 90.2 cm³/mol. The van der Waals surface area contributed by atoms with Gasteiger partial charge < -0.3 is 9.52 Å². The Morgan fingerprint density at radius 3 is 2.20 bits per heavy atom. The normalized spacial score (nSPS) is 12.1. The number of carboxylic acids is 1. The van der Waals surface area contributed by atoms with Crippen LogP contribution in [-0.2, 0) is 4.79 Å². The maximum absolute atomic E-state index is 14.2. The van der Waals surface area contributed by atoms with Crippen LogP contribution in [0.15, 0.2) is 58.2 Å². The van der Waals surface area contributed by atoms with Crippen molar-refractivity contribution in [1.29, 1.82) is 0 Å². The summed E-state index contributed by atoms with van der Waals surface area (Å²) in [5.74, 6) is -2.05. The van der Waals surface area contributed by atoms with E-state index in [9.17, 15) is 13.6 Å². The Kier molecular flexibility index (Phi) is 4.85. The number of carbonyl (C=O) groups is 1. The van der Waals surface area contributed by atoms with Gasteiger partial charge in [-0.2, -0.15) is 0 Å². The number of aromatic nitrogens is 1. The lowest BCUT2D eigenvalue weighted by molar-refractivity contribution is -0.136. The van der Waals surface area contributed by atoms with Crippen LogP contribution in [0.2, 0.25) is 0 Å². The molecule has 0 aliphatic carbocycles. The van der Waals surface area contributed by atoms with Crippen molar-refractivity contribution in [3.63, 3.8) is 0 Å². The van der Waals surface area contributed by atoms with Crippen molar-refractivity contribution in [2.75, 3.05) is 0 Å². The molecule has 0 amide bonds. The molecule has 3 aromatic rings. The summed E-state index contributed by atoms with van der Waals surface area (Å²) >= 11 is 0.866. The molecule has 0 spiro atoms. The zero-order valence-electron chi connectivity index (χ0n) is 13.1. The average molecular weight is 361 g/mol. The van der Waals surface area contributed by atoms with Gasteiger partial charge in [0, 0.05) is 5.56 Å². The Morgan fingerprint density at radius 1 is 1.08 bits per heavy atom. The predicted octanol–water partition coefficient (Wildman–Crippen LogP) is 4.85. The third kappa shape index (κ3) is 3.56. The molecule has 1 atom stereocenters. The highest BCUT2D eigenvalue weighted by atomic mass is 32.2. The molecule has 0 fully saturated rings. The number of benzene rings is 2. The first kappa shape index (κ1) is 17.2. The fraction of sp³-hybridized carbons (Fsp3) is 0.111. The van der Waals surface area contributed by atoms with Crippen LogP contribution in [0.25, 0.3) is 22.6 Å². The van der Waals surface area contributed by atoms with E-state index in [0.717, 1.165) is 11.8 Å². The molecule has 0 aliphatic rings. The molecule has 0 saturated carbocycles. The van der Waals surface area contributed by atoms with Crippen molar-refractivity contribution in [2.24, 2.45) is 0 Å². The summed E-state index contributed by atoms with van der Waals surface area (Å²) in [5, 5.41) is 8.25. The molecule has 1 unspecified atom stereocenters. The van der Waals surface area contributed by atoms with E-state index in [1.165, 1.54) is 43.3 Å². The van der Waals surface area contributed by atoms with Gasteiger partial charge in [0.25, 0.3) is 5.22 Å². The lowest BCUT2D eigenvalue weighted by Crippen LogP contribution is -2.10. The molecular formula is C18H13F2NO3S. The largest absolute Gasteiger partial charge is 0.480 e. The van der Waals surface area contributed by atoms with Gasteiger partial charge in [0.1, 0.15) is 22.6 Å². The minimum atomic E-state index is -1.04. The second-order valence-electron chi connectivity index (χ2n) is 5.22. The summed E-state index contributed by atoms with van der Waals surface area (Å²) in [6, 6.07) is 11.8. The molecule has 0 radical (unpaired) electrons. The van der Waals surface area contributed by atoms with E-state index in [0.29, 0.717) is 0 Å². The number of nitrogens with zero attached hydrogens (tertiary/aromatic N) is 1. The third-order valence-corrected chi connectivity index (χ3v) is 4.41. The number of halogens is 2. The third-order valence-electron chi connectivity index (χ3n) is 3.48. The zero-order valence-corrected chi connectivity index (χ0v) is 13.9. The Bertz CT molecular complexity index is 863. The van der Waals surface area contributed by atoms with Crippen LogP contribution >= 0.6 is 11.8 Å². The Labute approximate surface area is 146 Å². The second-order valence-corrected chi connectivity index (χ2v) is 6.51. The van der Waals surface area contributed by atoms with Gasteiger partial charge in [0.15, 0.2) is 5.76 Å². The van der Waals surface area contributed by atoms with Gasteiger partial charge in [-0.05, 0) is 31.2 Å². The fourth-order valence-corrected chi connectivity index (χ4v) is 2.89. The molecule has 0 aliphatic heterocycles. The molecule has 4 nitrogen and oxygen atoms in total. The fourth-order valence-electron chi connectivity index (χ4n) is 2.22. The number of hydrogen-bond donors (Lipinski definition) is 1. The zero-order chi connectivity index (χ0) is 18.0. The highest BCUT2D eigenvalue weighted by Gasteiger charge is 2.24. The molecule has 25 heavy (non-hydrogen) atoms. The Balaban J connectivity index is 2.15. The van der Waals surface area contributed by atoms with E-state index in [1.54, 1.807) is 12.1 Å². The monoisotopic (exact) mass is 361 g/mol. The van der Waals surface area contributed by atoms with E-state index >= 15 is 0 Å². The van der Waals surface area contributed by atoms with Gasteiger partial charge in [-0.25, -0.2) is 13.8 Å². The highest BCUT2D eigenvalue weighted by Crippen LogP contribution is 2.38. The van der Waals surface area contributed by atoms with Crippen molar-refractivity contribution in [3.05, 3.63) is 60.2 Å². The lowest BCUT2D eigenvalue weighted by atomic mass is 10.1. The van der Waals surface area contributed by atoms with Crippen LogP contribution in [-0.4, -0.2) is 21.3 Å². The second kappa shape index (κ2) is 7.06. The van der Waals surface area contributed by atoms with Crippen molar-refractivity contribution in [1.82, 2.24) is 4.98 Å². The summed E-state index contributed by atoms with van der Waals surface area (Å²) in [7, 11) is 0. The van der Waals surface area contributed by atoms with E-state index in [2.05, 4.69) is 4.98 Å². The van der Waals surface area contributed by atoms with Crippen LogP contribution in [0.5, 0.6) is 0 Å². The maximum Gasteiger partial charge on any atom is 0.316 e. The number of oxazole rings is 1. The SMILES string of the molecule is CC(Sc1nc(-c2ccccc2F)c(-c2ccccc2F)o1)C(=O)O. The van der Waals surface area contributed by atoms with Crippen molar-refractivity contribution < 1.29 is 23.1 Å². The molecular weight excluding hydrogens is 348 g/mol. The lowest BCUT2D eigenvalue weighted by Gasteiger charge is -2.03. The first-order valence-electron chi connectivity index (χ1n) is 7.37. The number of hydrogen-bond acceptors (Lipinski definition) is 4. The molecule has 0 saturated heterocycles. The van der Waals surface area contributed by atoms with Gasteiger partial charge in [-0.1, -0.05) is 36.0 Å². The van der Waals surface area contributed by atoms with Gasteiger partial charge in [0.2, 0.25) is 0 Å². The van der Waals surface area contributed by atoms with Gasteiger partial charge in [-0.3, -0.25) is 4.79 Å². The molecule has 0 bridgehead atoms. The van der Waals surface area contributed by atoms with E-state index < -0.39 is 22.9 Å². The highest BCUT2D eigenvalue weighted by molar-refractivity contribution is 8.00. The number of aliphatic carboxylic acids is 1. The smallest absolute Gasteiger partial charge is 0.316 e. The van der Waals surface area contributed by atoms with E-state index in [1.807, 2.05) is 0 Å². The molecule has 3 rings (SSSR count). The first-order chi connectivity index (χ1) is 12.0. The van der Waals surface area contributed by atoms with Crippen LogP contribution in [0.1, 0.15) is 6.92 Å². The van der Waals surface area contributed by atoms with Crippen molar-refractivity contribution >= 4 is 17.7 Å². The molecule has 7 heteroatoms. The van der Waals surface area contributed by atoms with Gasteiger partial charge in [0.05, 0.1) is 5.56 Å². The standard InChI is InChI=1S/C18H13F2NO3S/c1-10(17(22)23)25-18-21-15(11-6-2-4-8-13(11)19)16(24-18)12-7-3-5-9-14(12)20/h2-10H,1H3,(H,22,23). The van der Waals surface area contributed by atoms with Crippen LogP contribution in [0.4, 0.5) is 8.78 Å². The van der Waals surface area contributed by atoms with Crippen molar-refractivity contribution in [2.45, 2.75) is 17.4 Å². The minimum absolute atomic E-state index is 0.0337. The summed E-state index contributed by atoms with van der Waals surface area (Å²) in [6.07, 6.45) is 0. The molecule has 1 N–H and O–H groups in total. The van der Waals surface area contributed by atoms with E-state index in [-0.39, 0.29) is 27.8 Å². The number of carboxylic acid groups (broad SMARTS) is 1.